The van der Waals surface area contributed by atoms with Crippen molar-refractivity contribution in [2.24, 2.45) is 0 Å². The molecule has 3 rings (SSSR count). The van der Waals surface area contributed by atoms with Gasteiger partial charge in [0.05, 0.1) is 6.54 Å². The number of pyridine rings is 1. The largest absolute Gasteiger partial charge is 0.361 e. The predicted octanol–water partition coefficient (Wildman–Crippen LogP) is 1.91. The molecule has 0 aliphatic heterocycles. The van der Waals surface area contributed by atoms with Gasteiger partial charge in [-0.1, -0.05) is 5.16 Å². The van der Waals surface area contributed by atoms with Gasteiger partial charge >= 0.3 is 6.03 Å². The van der Waals surface area contributed by atoms with Crippen LogP contribution in [0.3, 0.4) is 0 Å². The number of urea groups is 1. The molecule has 0 spiro atoms. The quantitative estimate of drug-likeness (QED) is 0.773. The maximum absolute atomic E-state index is 12.2. The Hall–Kier alpha value is -3.16. The molecule has 2 amide bonds. The second-order valence-corrected chi connectivity index (χ2v) is 5.42. The van der Waals surface area contributed by atoms with E-state index < -0.39 is 0 Å². The molecule has 1 N–H and O–H groups in total. The smallest absolute Gasteiger partial charge is 0.317 e. The van der Waals surface area contributed by atoms with E-state index in [0.29, 0.717) is 18.9 Å². The molecule has 8 heteroatoms. The number of rotatable bonds is 5. The fourth-order valence-electron chi connectivity index (χ4n) is 2.22. The molecule has 0 saturated heterocycles. The maximum atomic E-state index is 12.2. The molecule has 0 aliphatic rings. The van der Waals surface area contributed by atoms with Gasteiger partial charge in [-0.2, -0.15) is 5.10 Å². The van der Waals surface area contributed by atoms with E-state index >= 15 is 0 Å². The van der Waals surface area contributed by atoms with Crippen molar-refractivity contribution >= 4 is 6.03 Å². The molecule has 0 saturated carbocycles. The van der Waals surface area contributed by atoms with Crippen LogP contribution in [0.4, 0.5) is 4.79 Å². The average Bonchev–Trinajstić information content (AvgIpc) is 3.25. The number of nitrogens with zero attached hydrogens (tertiary/aromatic N) is 5. The molecule has 3 aromatic heterocycles. The Bertz CT molecular complexity index is 812. The molecule has 0 fully saturated rings. The zero-order chi connectivity index (χ0) is 16.9. The van der Waals surface area contributed by atoms with Crippen molar-refractivity contribution in [2.75, 3.05) is 7.05 Å². The van der Waals surface area contributed by atoms with Crippen molar-refractivity contribution in [3.05, 3.63) is 59.9 Å². The summed E-state index contributed by atoms with van der Waals surface area (Å²) in [6.07, 6.45) is 5.20. The van der Waals surface area contributed by atoms with Crippen LogP contribution in [-0.4, -0.2) is 37.9 Å². The summed E-state index contributed by atoms with van der Waals surface area (Å²) >= 11 is 0. The van der Waals surface area contributed by atoms with Crippen LogP contribution in [0.25, 0.3) is 5.82 Å². The maximum Gasteiger partial charge on any atom is 0.317 e. The first kappa shape index (κ1) is 15.7. The van der Waals surface area contributed by atoms with E-state index in [1.807, 2.05) is 37.4 Å². The van der Waals surface area contributed by atoms with Gasteiger partial charge < -0.3 is 14.7 Å². The summed E-state index contributed by atoms with van der Waals surface area (Å²) < 4.78 is 6.67. The van der Waals surface area contributed by atoms with Crippen LogP contribution in [0.5, 0.6) is 0 Å². The van der Waals surface area contributed by atoms with Crippen molar-refractivity contribution in [2.45, 2.75) is 20.0 Å². The second kappa shape index (κ2) is 6.95. The number of nitrogens with one attached hydrogen (secondary N) is 1. The summed E-state index contributed by atoms with van der Waals surface area (Å²) in [7, 11) is 1.71. The minimum absolute atomic E-state index is 0.187. The number of hydrogen-bond donors (Lipinski definition) is 1. The van der Waals surface area contributed by atoms with Crippen molar-refractivity contribution in [1.29, 1.82) is 0 Å². The van der Waals surface area contributed by atoms with Gasteiger partial charge in [0.1, 0.15) is 11.5 Å². The van der Waals surface area contributed by atoms with Crippen LogP contribution in [-0.2, 0) is 13.1 Å². The Balaban J connectivity index is 1.57. The monoisotopic (exact) mass is 326 g/mol. The van der Waals surface area contributed by atoms with Crippen molar-refractivity contribution in [3.63, 3.8) is 0 Å². The van der Waals surface area contributed by atoms with Gasteiger partial charge in [0.15, 0.2) is 5.82 Å². The van der Waals surface area contributed by atoms with E-state index in [4.69, 9.17) is 4.52 Å². The number of amides is 2. The average molecular weight is 326 g/mol. The van der Waals surface area contributed by atoms with E-state index in [1.54, 1.807) is 29.0 Å². The lowest BCUT2D eigenvalue weighted by molar-refractivity contribution is 0.205. The molecule has 8 nitrogen and oxygen atoms in total. The summed E-state index contributed by atoms with van der Waals surface area (Å²) in [5.41, 5.74) is 1.66. The first-order valence-corrected chi connectivity index (χ1v) is 7.48. The topological polar surface area (TPSA) is 89.1 Å². The number of carbonyl (C=O) groups is 1. The molecule has 0 radical (unpaired) electrons. The zero-order valence-electron chi connectivity index (χ0n) is 13.5. The third-order valence-corrected chi connectivity index (χ3v) is 3.42. The van der Waals surface area contributed by atoms with Crippen molar-refractivity contribution in [3.8, 4) is 5.82 Å². The number of aryl methyl sites for hydroxylation is 1. The van der Waals surface area contributed by atoms with Gasteiger partial charge in [-0.25, -0.2) is 14.5 Å². The first-order chi connectivity index (χ1) is 11.6. The van der Waals surface area contributed by atoms with Gasteiger partial charge in [-0.3, -0.25) is 0 Å². The highest BCUT2D eigenvalue weighted by atomic mass is 16.5. The van der Waals surface area contributed by atoms with Gasteiger partial charge in [0.25, 0.3) is 0 Å². The molecule has 0 aromatic carbocycles. The third-order valence-electron chi connectivity index (χ3n) is 3.42. The summed E-state index contributed by atoms with van der Waals surface area (Å²) in [4.78, 5) is 18.0. The van der Waals surface area contributed by atoms with Crippen LogP contribution in [0.1, 0.15) is 17.0 Å². The van der Waals surface area contributed by atoms with Gasteiger partial charge in [0.2, 0.25) is 0 Å². The van der Waals surface area contributed by atoms with E-state index in [1.165, 1.54) is 0 Å². The minimum atomic E-state index is -0.187. The van der Waals surface area contributed by atoms with Crippen LogP contribution in [0, 0.1) is 6.92 Å². The molecule has 0 unspecified atom stereocenters. The van der Waals surface area contributed by atoms with Crippen LogP contribution in [0.15, 0.2) is 47.4 Å². The lowest BCUT2D eigenvalue weighted by Crippen LogP contribution is -2.36. The number of carbonyl (C=O) groups excluding carboxylic acids is 1. The Morgan fingerprint density at radius 3 is 2.96 bits per heavy atom. The summed E-state index contributed by atoms with van der Waals surface area (Å²) in [6.45, 7) is 2.60. The SMILES string of the molecule is Cc1cc(CN(C)C(=O)NCc2ccnc(-n3cccn3)c2)no1. The molecule has 24 heavy (non-hydrogen) atoms. The van der Waals surface area contributed by atoms with E-state index in [2.05, 4.69) is 20.6 Å². The van der Waals surface area contributed by atoms with Gasteiger partial charge in [-0.05, 0) is 30.7 Å². The fourth-order valence-corrected chi connectivity index (χ4v) is 2.22. The van der Waals surface area contributed by atoms with Crippen LogP contribution < -0.4 is 5.32 Å². The Kier molecular flexibility index (Phi) is 4.55. The standard InChI is InChI=1S/C16H18N6O2/c1-12-8-14(20-24-12)11-21(2)16(23)18-10-13-4-6-17-15(9-13)22-7-3-5-19-22/h3-9H,10-11H2,1-2H3,(H,18,23). The highest BCUT2D eigenvalue weighted by Gasteiger charge is 2.11. The third kappa shape index (κ3) is 3.78. The van der Waals surface area contributed by atoms with Gasteiger partial charge in [0, 0.05) is 38.2 Å². The van der Waals surface area contributed by atoms with Crippen LogP contribution in [0.2, 0.25) is 0 Å². The van der Waals surface area contributed by atoms with Gasteiger partial charge in [-0.15, -0.1) is 0 Å². The predicted molar refractivity (Wildman–Crippen MR) is 86.3 cm³/mol. The Morgan fingerprint density at radius 2 is 2.25 bits per heavy atom. The van der Waals surface area contributed by atoms with Crippen LogP contribution >= 0.6 is 0 Å². The summed E-state index contributed by atoms with van der Waals surface area (Å²) in [6, 6.07) is 7.19. The van der Waals surface area contributed by atoms with E-state index in [-0.39, 0.29) is 6.03 Å². The summed E-state index contributed by atoms with van der Waals surface area (Å²) in [5.74, 6) is 1.43. The fraction of sp³-hybridized carbons (Fsp3) is 0.250. The highest BCUT2D eigenvalue weighted by molar-refractivity contribution is 5.73. The Labute approximate surface area is 139 Å². The molecular formula is C16H18N6O2. The van der Waals surface area contributed by atoms with Crippen molar-refractivity contribution in [1.82, 2.24) is 30.1 Å². The second-order valence-electron chi connectivity index (χ2n) is 5.42. The normalized spacial score (nSPS) is 10.6. The molecular weight excluding hydrogens is 308 g/mol. The highest BCUT2D eigenvalue weighted by Crippen LogP contribution is 2.07. The van der Waals surface area contributed by atoms with E-state index in [9.17, 15) is 4.79 Å². The molecule has 0 bridgehead atoms. The molecule has 124 valence electrons. The van der Waals surface area contributed by atoms with E-state index in [0.717, 1.165) is 17.0 Å². The minimum Gasteiger partial charge on any atom is -0.361 e. The number of aromatic nitrogens is 4. The number of hydrogen-bond acceptors (Lipinski definition) is 5. The van der Waals surface area contributed by atoms with Crippen molar-refractivity contribution < 1.29 is 9.32 Å². The molecule has 0 atom stereocenters. The molecule has 3 heterocycles. The lowest BCUT2D eigenvalue weighted by Gasteiger charge is -2.16. The zero-order valence-corrected chi connectivity index (χ0v) is 13.5. The lowest BCUT2D eigenvalue weighted by atomic mass is 10.2. The molecule has 3 aromatic rings. The Morgan fingerprint density at radius 1 is 1.38 bits per heavy atom. The molecule has 0 aliphatic carbocycles. The first-order valence-electron chi connectivity index (χ1n) is 7.48. The summed E-state index contributed by atoms with van der Waals surface area (Å²) in [5, 5.41) is 10.9.